The third-order valence-corrected chi connectivity index (χ3v) is 3.55. The summed E-state index contributed by atoms with van der Waals surface area (Å²) in [5, 5.41) is 13.6. The van der Waals surface area contributed by atoms with Crippen molar-refractivity contribution in [3.63, 3.8) is 0 Å². The fraction of sp³-hybridized carbons (Fsp3) is 0.333. The van der Waals surface area contributed by atoms with Crippen LogP contribution in [-0.2, 0) is 13.0 Å². The van der Waals surface area contributed by atoms with Crippen molar-refractivity contribution in [3.05, 3.63) is 59.7 Å². The van der Waals surface area contributed by atoms with Gasteiger partial charge >= 0.3 is 0 Å². The Morgan fingerprint density at radius 2 is 1.76 bits per heavy atom. The van der Waals surface area contributed by atoms with Crippen LogP contribution < -0.4 is 10.1 Å². The lowest BCUT2D eigenvalue weighted by atomic mass is 9.94. The van der Waals surface area contributed by atoms with Gasteiger partial charge in [-0.05, 0) is 31.9 Å². The molecule has 21 heavy (non-hydrogen) atoms. The van der Waals surface area contributed by atoms with Crippen LogP contribution in [0.4, 0.5) is 0 Å². The standard InChI is InChI=1S/C18H23NO2/c1-18(2,12-14-8-5-4-6-9-14)19-13-15-10-7-11-16(21-3)17(15)20/h4-11,19-20H,12-13H2,1-3H3. The van der Waals surface area contributed by atoms with Gasteiger partial charge in [-0.15, -0.1) is 0 Å². The summed E-state index contributed by atoms with van der Waals surface area (Å²) in [7, 11) is 1.56. The molecule has 0 amide bonds. The third kappa shape index (κ3) is 4.23. The number of nitrogens with one attached hydrogen (secondary N) is 1. The van der Waals surface area contributed by atoms with E-state index >= 15 is 0 Å². The maximum atomic E-state index is 10.1. The molecule has 2 rings (SSSR count). The summed E-state index contributed by atoms with van der Waals surface area (Å²) in [6.45, 7) is 4.93. The zero-order valence-electron chi connectivity index (χ0n) is 12.9. The Morgan fingerprint density at radius 1 is 1.05 bits per heavy atom. The summed E-state index contributed by atoms with van der Waals surface area (Å²) in [6.07, 6.45) is 0.929. The number of para-hydroxylation sites is 1. The number of phenolic OH excluding ortho intramolecular Hbond substituents is 1. The molecule has 0 aliphatic rings. The molecule has 2 aromatic rings. The average Bonchev–Trinajstić information content (AvgIpc) is 2.47. The number of methoxy groups -OCH3 is 1. The van der Waals surface area contributed by atoms with Crippen LogP contribution in [0, 0.1) is 0 Å². The molecule has 3 heteroatoms. The first kappa shape index (κ1) is 15.4. The summed E-state index contributed by atoms with van der Waals surface area (Å²) < 4.78 is 5.14. The average molecular weight is 285 g/mol. The van der Waals surface area contributed by atoms with E-state index in [0.717, 1.165) is 12.0 Å². The van der Waals surface area contributed by atoms with Crippen molar-refractivity contribution in [2.24, 2.45) is 0 Å². The highest BCUT2D eigenvalue weighted by molar-refractivity contribution is 5.45. The first-order chi connectivity index (χ1) is 10.0. The second kappa shape index (κ2) is 6.64. The summed E-state index contributed by atoms with van der Waals surface area (Å²) in [6, 6.07) is 16.0. The molecule has 112 valence electrons. The van der Waals surface area contributed by atoms with Crippen LogP contribution in [0.3, 0.4) is 0 Å². The number of rotatable bonds is 6. The van der Waals surface area contributed by atoms with Crippen molar-refractivity contribution in [3.8, 4) is 11.5 Å². The van der Waals surface area contributed by atoms with Crippen molar-refractivity contribution in [2.45, 2.75) is 32.4 Å². The molecule has 0 spiro atoms. The van der Waals surface area contributed by atoms with E-state index in [1.165, 1.54) is 5.56 Å². The predicted octanol–water partition coefficient (Wildman–Crippen LogP) is 3.51. The maximum Gasteiger partial charge on any atom is 0.162 e. The van der Waals surface area contributed by atoms with Crippen molar-refractivity contribution in [1.29, 1.82) is 0 Å². The summed E-state index contributed by atoms with van der Waals surface area (Å²) in [5.41, 5.74) is 2.08. The van der Waals surface area contributed by atoms with E-state index in [-0.39, 0.29) is 11.3 Å². The molecule has 0 aliphatic heterocycles. The molecule has 0 bridgehead atoms. The van der Waals surface area contributed by atoms with Gasteiger partial charge in [-0.2, -0.15) is 0 Å². The van der Waals surface area contributed by atoms with Gasteiger partial charge < -0.3 is 15.2 Å². The fourth-order valence-corrected chi connectivity index (χ4v) is 2.38. The highest BCUT2D eigenvalue weighted by Crippen LogP contribution is 2.29. The van der Waals surface area contributed by atoms with Gasteiger partial charge in [0.25, 0.3) is 0 Å². The van der Waals surface area contributed by atoms with Crippen molar-refractivity contribution >= 4 is 0 Å². The Morgan fingerprint density at radius 3 is 2.43 bits per heavy atom. The number of ether oxygens (including phenoxy) is 1. The molecule has 0 saturated heterocycles. The number of hydrogen-bond donors (Lipinski definition) is 2. The van der Waals surface area contributed by atoms with Gasteiger partial charge in [0.15, 0.2) is 11.5 Å². The quantitative estimate of drug-likeness (QED) is 0.853. The molecule has 0 saturated carbocycles. The Balaban J connectivity index is 2.01. The van der Waals surface area contributed by atoms with Gasteiger partial charge in [0.1, 0.15) is 0 Å². The van der Waals surface area contributed by atoms with Gasteiger partial charge in [-0.25, -0.2) is 0 Å². The Labute approximate surface area is 126 Å². The molecule has 2 aromatic carbocycles. The first-order valence-corrected chi connectivity index (χ1v) is 7.15. The Hall–Kier alpha value is -2.00. The molecule has 0 atom stereocenters. The van der Waals surface area contributed by atoms with Crippen LogP contribution in [0.5, 0.6) is 11.5 Å². The Kier molecular flexibility index (Phi) is 4.86. The van der Waals surface area contributed by atoms with Gasteiger partial charge in [0, 0.05) is 17.6 Å². The minimum absolute atomic E-state index is 0.0587. The first-order valence-electron chi connectivity index (χ1n) is 7.15. The van der Waals surface area contributed by atoms with E-state index in [4.69, 9.17) is 4.74 Å². The predicted molar refractivity (Wildman–Crippen MR) is 85.7 cm³/mol. The SMILES string of the molecule is COc1cccc(CNC(C)(C)Cc2ccccc2)c1O. The number of hydrogen-bond acceptors (Lipinski definition) is 3. The van der Waals surface area contributed by atoms with E-state index < -0.39 is 0 Å². The van der Waals surface area contributed by atoms with E-state index in [9.17, 15) is 5.11 Å². The molecular weight excluding hydrogens is 262 g/mol. The van der Waals surface area contributed by atoms with E-state index in [2.05, 4.69) is 43.4 Å². The summed E-state index contributed by atoms with van der Waals surface area (Å²) >= 11 is 0. The van der Waals surface area contributed by atoms with Crippen LogP contribution in [0.15, 0.2) is 48.5 Å². The topological polar surface area (TPSA) is 41.5 Å². The number of phenols is 1. The summed E-state index contributed by atoms with van der Waals surface area (Å²) in [5.74, 6) is 0.721. The fourth-order valence-electron chi connectivity index (χ4n) is 2.38. The van der Waals surface area contributed by atoms with Gasteiger partial charge in [-0.1, -0.05) is 42.5 Å². The van der Waals surface area contributed by atoms with E-state index in [0.29, 0.717) is 12.3 Å². The maximum absolute atomic E-state index is 10.1. The van der Waals surface area contributed by atoms with Gasteiger partial charge in [-0.3, -0.25) is 0 Å². The summed E-state index contributed by atoms with van der Waals surface area (Å²) in [4.78, 5) is 0. The van der Waals surface area contributed by atoms with Crippen molar-refractivity contribution in [2.75, 3.05) is 7.11 Å². The monoisotopic (exact) mass is 285 g/mol. The molecule has 2 N–H and O–H groups in total. The van der Waals surface area contributed by atoms with Gasteiger partial charge in [0.05, 0.1) is 7.11 Å². The lowest BCUT2D eigenvalue weighted by molar-refractivity contribution is 0.358. The highest BCUT2D eigenvalue weighted by atomic mass is 16.5. The van der Waals surface area contributed by atoms with Crippen LogP contribution in [-0.4, -0.2) is 17.8 Å². The number of benzene rings is 2. The minimum Gasteiger partial charge on any atom is -0.504 e. The molecule has 0 fully saturated rings. The molecule has 3 nitrogen and oxygen atoms in total. The normalized spacial score (nSPS) is 11.4. The van der Waals surface area contributed by atoms with Gasteiger partial charge in [0.2, 0.25) is 0 Å². The Bertz CT molecular complexity index is 579. The number of aromatic hydroxyl groups is 1. The second-order valence-corrected chi connectivity index (χ2v) is 5.87. The smallest absolute Gasteiger partial charge is 0.162 e. The van der Waals surface area contributed by atoms with Crippen LogP contribution in [0.1, 0.15) is 25.0 Å². The lowest BCUT2D eigenvalue weighted by Gasteiger charge is -2.27. The van der Waals surface area contributed by atoms with Crippen LogP contribution in [0.2, 0.25) is 0 Å². The molecule has 0 heterocycles. The van der Waals surface area contributed by atoms with Crippen molar-refractivity contribution in [1.82, 2.24) is 5.32 Å². The van der Waals surface area contributed by atoms with E-state index in [1.54, 1.807) is 13.2 Å². The molecule has 0 aliphatic carbocycles. The lowest BCUT2D eigenvalue weighted by Crippen LogP contribution is -2.40. The third-order valence-electron chi connectivity index (χ3n) is 3.55. The largest absolute Gasteiger partial charge is 0.504 e. The minimum atomic E-state index is -0.0587. The molecular formula is C18H23NO2. The van der Waals surface area contributed by atoms with Crippen LogP contribution in [0.25, 0.3) is 0 Å². The molecule has 0 unspecified atom stereocenters. The van der Waals surface area contributed by atoms with E-state index in [1.807, 2.05) is 18.2 Å². The second-order valence-electron chi connectivity index (χ2n) is 5.87. The zero-order chi connectivity index (χ0) is 15.3. The van der Waals surface area contributed by atoms with Crippen LogP contribution >= 0.6 is 0 Å². The van der Waals surface area contributed by atoms with Crippen molar-refractivity contribution < 1.29 is 9.84 Å². The highest BCUT2D eigenvalue weighted by Gasteiger charge is 2.18. The zero-order valence-corrected chi connectivity index (χ0v) is 12.9. The molecule has 0 radical (unpaired) electrons. The molecule has 0 aromatic heterocycles.